The van der Waals surface area contributed by atoms with Crippen molar-refractivity contribution in [2.24, 2.45) is 0 Å². The Hall–Kier alpha value is -2.55. The van der Waals surface area contributed by atoms with Crippen LogP contribution in [0.2, 0.25) is 0 Å². The van der Waals surface area contributed by atoms with Gasteiger partial charge in [0.1, 0.15) is 17.1 Å². The van der Waals surface area contributed by atoms with Crippen LogP contribution in [-0.4, -0.2) is 38.6 Å². The maximum Gasteiger partial charge on any atom is 0.253 e. The average Bonchev–Trinajstić information content (AvgIpc) is 2.81. The Morgan fingerprint density at radius 3 is 2.17 bits per heavy atom. The first-order chi connectivity index (χ1) is 10.8. The molecule has 1 aromatic heterocycles. The van der Waals surface area contributed by atoms with Crippen LogP contribution in [0.1, 0.15) is 6.92 Å². The summed E-state index contributed by atoms with van der Waals surface area (Å²) in [5.74, 6) is -1.58. The molecular formula is C14H17NO7S. The van der Waals surface area contributed by atoms with E-state index in [1.165, 1.54) is 21.1 Å². The molecule has 0 fully saturated rings. The fourth-order valence-corrected chi connectivity index (χ4v) is 2.51. The first-order valence-electron chi connectivity index (χ1n) is 6.61. The minimum Gasteiger partial charge on any atom is -0.502 e. The van der Waals surface area contributed by atoms with Gasteiger partial charge in [0.05, 0.1) is 20.0 Å². The summed E-state index contributed by atoms with van der Waals surface area (Å²) in [4.78, 5) is 0. The number of anilines is 1. The minimum absolute atomic E-state index is 0.175. The summed E-state index contributed by atoms with van der Waals surface area (Å²) >= 11 is 0. The Kier molecular flexibility index (Phi) is 4.60. The SMILES string of the molecule is CCS(=O)(=O)Nc1oc(-c2c(OC)cccc2OC)c(O)c1O. The van der Waals surface area contributed by atoms with E-state index in [2.05, 4.69) is 4.72 Å². The van der Waals surface area contributed by atoms with Gasteiger partial charge in [0.15, 0.2) is 5.76 Å². The zero-order chi connectivity index (χ0) is 17.2. The van der Waals surface area contributed by atoms with Gasteiger partial charge in [0, 0.05) is 0 Å². The highest BCUT2D eigenvalue weighted by Gasteiger charge is 2.27. The molecular weight excluding hydrogens is 326 g/mol. The van der Waals surface area contributed by atoms with Crippen molar-refractivity contribution in [1.82, 2.24) is 0 Å². The van der Waals surface area contributed by atoms with Crippen LogP contribution in [0.15, 0.2) is 22.6 Å². The monoisotopic (exact) mass is 343 g/mol. The van der Waals surface area contributed by atoms with Gasteiger partial charge in [0.2, 0.25) is 21.5 Å². The second-order valence-corrected chi connectivity index (χ2v) is 6.51. The molecule has 8 nitrogen and oxygen atoms in total. The van der Waals surface area contributed by atoms with Crippen molar-refractivity contribution >= 4 is 15.9 Å². The van der Waals surface area contributed by atoms with Crippen molar-refractivity contribution in [3.63, 3.8) is 0 Å². The van der Waals surface area contributed by atoms with Gasteiger partial charge in [-0.15, -0.1) is 0 Å². The summed E-state index contributed by atoms with van der Waals surface area (Å²) in [6, 6.07) is 4.88. The van der Waals surface area contributed by atoms with Gasteiger partial charge in [-0.25, -0.2) is 13.1 Å². The predicted octanol–water partition coefficient (Wildman–Crippen LogP) is 2.14. The molecule has 9 heteroatoms. The van der Waals surface area contributed by atoms with Gasteiger partial charge in [0.25, 0.3) is 5.88 Å². The van der Waals surface area contributed by atoms with E-state index in [1.54, 1.807) is 18.2 Å². The van der Waals surface area contributed by atoms with Crippen molar-refractivity contribution in [1.29, 1.82) is 0 Å². The summed E-state index contributed by atoms with van der Waals surface area (Å²) in [7, 11) is -0.858. The molecule has 23 heavy (non-hydrogen) atoms. The predicted molar refractivity (Wildman–Crippen MR) is 83.7 cm³/mol. The Morgan fingerprint density at radius 1 is 1.13 bits per heavy atom. The van der Waals surface area contributed by atoms with Crippen LogP contribution in [-0.2, 0) is 10.0 Å². The number of nitrogens with one attached hydrogen (secondary N) is 1. The number of aromatic hydroxyl groups is 2. The highest BCUT2D eigenvalue weighted by Crippen LogP contribution is 2.50. The Bertz CT molecular complexity index is 789. The summed E-state index contributed by atoms with van der Waals surface area (Å²) in [5, 5.41) is 20.0. The molecule has 0 amide bonds. The van der Waals surface area contributed by atoms with E-state index >= 15 is 0 Å². The number of hydrogen-bond acceptors (Lipinski definition) is 7. The number of methoxy groups -OCH3 is 2. The molecule has 0 bridgehead atoms. The third-order valence-electron chi connectivity index (χ3n) is 3.14. The molecule has 2 aromatic rings. The maximum atomic E-state index is 11.6. The number of ether oxygens (including phenoxy) is 2. The number of hydrogen-bond donors (Lipinski definition) is 3. The van der Waals surface area contributed by atoms with Gasteiger partial charge in [-0.3, -0.25) is 0 Å². The number of furan rings is 1. The van der Waals surface area contributed by atoms with Crippen LogP contribution in [0.25, 0.3) is 11.3 Å². The molecule has 1 heterocycles. The molecule has 0 saturated carbocycles. The van der Waals surface area contributed by atoms with E-state index in [4.69, 9.17) is 13.9 Å². The fourth-order valence-electron chi connectivity index (χ4n) is 1.94. The lowest BCUT2D eigenvalue weighted by atomic mass is 10.1. The van der Waals surface area contributed by atoms with Crippen LogP contribution < -0.4 is 14.2 Å². The molecule has 0 aliphatic carbocycles. The molecule has 0 radical (unpaired) electrons. The van der Waals surface area contributed by atoms with E-state index in [0.29, 0.717) is 11.5 Å². The lowest BCUT2D eigenvalue weighted by molar-refractivity contribution is 0.391. The van der Waals surface area contributed by atoms with Crippen LogP contribution in [0.3, 0.4) is 0 Å². The van der Waals surface area contributed by atoms with E-state index in [1.807, 2.05) is 0 Å². The topological polar surface area (TPSA) is 118 Å². The first-order valence-corrected chi connectivity index (χ1v) is 8.26. The van der Waals surface area contributed by atoms with E-state index < -0.39 is 27.4 Å². The number of sulfonamides is 1. The molecule has 0 aliphatic heterocycles. The zero-order valence-electron chi connectivity index (χ0n) is 12.8. The molecule has 3 N–H and O–H groups in total. The quantitative estimate of drug-likeness (QED) is 0.735. The van der Waals surface area contributed by atoms with Crippen LogP contribution in [0, 0.1) is 0 Å². The van der Waals surface area contributed by atoms with Crippen molar-refractivity contribution in [3.8, 4) is 34.3 Å². The minimum atomic E-state index is -3.69. The standard InChI is InChI=1S/C14H17NO7S/c1-4-23(18,19)15-14-12(17)11(16)13(22-14)10-8(20-2)6-5-7-9(10)21-3/h5-7,15-17H,4H2,1-3H3. The van der Waals surface area contributed by atoms with Crippen LogP contribution >= 0.6 is 0 Å². The molecule has 0 saturated heterocycles. The van der Waals surface area contributed by atoms with Crippen molar-refractivity contribution in [2.75, 3.05) is 24.7 Å². The highest BCUT2D eigenvalue weighted by molar-refractivity contribution is 7.92. The van der Waals surface area contributed by atoms with Crippen molar-refractivity contribution in [2.45, 2.75) is 6.92 Å². The number of benzene rings is 1. The lowest BCUT2D eigenvalue weighted by Crippen LogP contribution is -2.14. The first kappa shape index (κ1) is 16.8. The lowest BCUT2D eigenvalue weighted by Gasteiger charge is -2.11. The molecule has 0 unspecified atom stereocenters. The summed E-state index contributed by atoms with van der Waals surface area (Å²) in [6.45, 7) is 1.42. The molecule has 2 rings (SSSR count). The van der Waals surface area contributed by atoms with E-state index in [0.717, 1.165) is 0 Å². The second kappa shape index (κ2) is 6.29. The van der Waals surface area contributed by atoms with E-state index in [-0.39, 0.29) is 17.1 Å². The summed E-state index contributed by atoms with van der Waals surface area (Å²) in [5.41, 5.74) is 0.243. The Morgan fingerprint density at radius 2 is 1.70 bits per heavy atom. The zero-order valence-corrected chi connectivity index (χ0v) is 13.6. The maximum absolute atomic E-state index is 11.6. The Labute approximate surface area is 133 Å². The molecule has 0 atom stereocenters. The Balaban J connectivity index is 2.63. The van der Waals surface area contributed by atoms with Gasteiger partial charge in [-0.1, -0.05) is 6.07 Å². The van der Waals surface area contributed by atoms with Crippen molar-refractivity contribution in [3.05, 3.63) is 18.2 Å². The second-order valence-electron chi connectivity index (χ2n) is 4.50. The van der Waals surface area contributed by atoms with E-state index in [9.17, 15) is 18.6 Å². The smallest absolute Gasteiger partial charge is 0.253 e. The molecule has 0 aliphatic rings. The summed E-state index contributed by atoms with van der Waals surface area (Å²) < 4.78 is 41.0. The highest BCUT2D eigenvalue weighted by atomic mass is 32.2. The van der Waals surface area contributed by atoms with Gasteiger partial charge in [-0.2, -0.15) is 0 Å². The number of rotatable bonds is 6. The third kappa shape index (κ3) is 3.14. The third-order valence-corrected chi connectivity index (χ3v) is 4.40. The van der Waals surface area contributed by atoms with Crippen molar-refractivity contribution < 1.29 is 32.5 Å². The summed E-state index contributed by atoms with van der Waals surface area (Å²) in [6.07, 6.45) is 0. The van der Waals surface area contributed by atoms with Gasteiger partial charge in [-0.05, 0) is 19.1 Å². The normalized spacial score (nSPS) is 11.3. The molecule has 0 spiro atoms. The fraction of sp³-hybridized carbons (Fsp3) is 0.286. The largest absolute Gasteiger partial charge is 0.502 e. The van der Waals surface area contributed by atoms with Crippen LogP contribution in [0.5, 0.6) is 23.0 Å². The molecule has 126 valence electrons. The van der Waals surface area contributed by atoms with Gasteiger partial charge < -0.3 is 24.1 Å². The van der Waals surface area contributed by atoms with Gasteiger partial charge >= 0.3 is 0 Å². The molecule has 1 aromatic carbocycles. The van der Waals surface area contributed by atoms with Crippen LogP contribution in [0.4, 0.5) is 5.88 Å². The average molecular weight is 343 g/mol.